The Morgan fingerprint density at radius 3 is 2.52 bits per heavy atom. The number of halogens is 2. The van der Waals surface area contributed by atoms with Crippen LogP contribution in [0.3, 0.4) is 0 Å². The fourth-order valence-corrected chi connectivity index (χ4v) is 4.14. The van der Waals surface area contributed by atoms with Gasteiger partial charge in [-0.1, -0.05) is 18.6 Å². The van der Waals surface area contributed by atoms with Gasteiger partial charge in [-0.15, -0.1) is 0 Å². The van der Waals surface area contributed by atoms with Gasteiger partial charge in [0.1, 0.15) is 5.69 Å². The van der Waals surface area contributed by atoms with Crippen molar-refractivity contribution in [3.05, 3.63) is 59.0 Å². The maximum Gasteiger partial charge on any atom is 0.280 e. The van der Waals surface area contributed by atoms with Crippen LogP contribution in [-0.4, -0.2) is 38.5 Å². The Hall–Kier alpha value is -2.87. The van der Waals surface area contributed by atoms with Crippen molar-refractivity contribution < 1.29 is 13.6 Å². The lowest BCUT2D eigenvalue weighted by molar-refractivity contribution is 0.102. The third kappa shape index (κ3) is 4.44. The Kier molecular flexibility index (Phi) is 5.40. The molecule has 1 aliphatic carbocycles. The molecule has 5 rings (SSSR count). The van der Waals surface area contributed by atoms with Gasteiger partial charge < -0.3 is 5.32 Å². The summed E-state index contributed by atoms with van der Waals surface area (Å²) in [7, 11) is 0. The van der Waals surface area contributed by atoms with Crippen molar-refractivity contribution in [1.82, 2.24) is 19.5 Å². The molecular weight excluding hydrogens is 400 g/mol. The van der Waals surface area contributed by atoms with Gasteiger partial charge in [0.2, 0.25) is 0 Å². The number of benzene rings is 1. The van der Waals surface area contributed by atoms with Crippen molar-refractivity contribution in [3.8, 4) is 0 Å². The highest BCUT2D eigenvalue weighted by molar-refractivity contribution is 6.03. The quantitative estimate of drug-likeness (QED) is 0.617. The van der Waals surface area contributed by atoms with E-state index in [0.29, 0.717) is 11.4 Å². The molecule has 1 saturated carbocycles. The molecule has 0 atom stereocenters. The van der Waals surface area contributed by atoms with Gasteiger partial charge in [0.15, 0.2) is 11.3 Å². The number of hydrogen-bond acceptors (Lipinski definition) is 4. The number of amides is 1. The third-order valence-corrected chi connectivity index (χ3v) is 5.99. The first-order valence-corrected chi connectivity index (χ1v) is 10.9. The molecule has 0 radical (unpaired) electrons. The summed E-state index contributed by atoms with van der Waals surface area (Å²) < 4.78 is 28.1. The molecule has 0 spiro atoms. The van der Waals surface area contributed by atoms with Gasteiger partial charge in [0, 0.05) is 29.9 Å². The zero-order valence-corrected chi connectivity index (χ0v) is 17.2. The molecule has 3 heterocycles. The number of carbonyl (C=O) groups excluding carboxylic acids is 1. The standard InChI is InChI=1S/C23H25F2N5O/c24-22(25)20-12-18(16-6-7-16)27-21-13-19(28-30(20)21)23(31)26-17-8-4-15(5-9-17)14-29-10-2-1-3-11-29/h4-5,8-9,12-13,16,22H,1-3,6-7,10-11,14H2,(H,26,31). The van der Waals surface area contributed by atoms with Crippen LogP contribution in [0.1, 0.15) is 71.9 Å². The second-order valence-corrected chi connectivity index (χ2v) is 8.47. The summed E-state index contributed by atoms with van der Waals surface area (Å²) in [6.45, 7) is 3.17. The smallest absolute Gasteiger partial charge is 0.280 e. The topological polar surface area (TPSA) is 62.5 Å². The van der Waals surface area contributed by atoms with Gasteiger partial charge in [-0.25, -0.2) is 18.3 Å². The number of aromatic nitrogens is 3. The molecular formula is C23H25F2N5O. The largest absolute Gasteiger partial charge is 0.321 e. The lowest BCUT2D eigenvalue weighted by Gasteiger charge is -2.26. The highest BCUT2D eigenvalue weighted by Gasteiger charge is 2.28. The van der Waals surface area contributed by atoms with Crippen molar-refractivity contribution in [3.63, 3.8) is 0 Å². The zero-order valence-electron chi connectivity index (χ0n) is 17.2. The Morgan fingerprint density at radius 1 is 1.10 bits per heavy atom. The first-order valence-electron chi connectivity index (χ1n) is 10.9. The van der Waals surface area contributed by atoms with Crippen LogP contribution in [0.25, 0.3) is 5.65 Å². The van der Waals surface area contributed by atoms with Crippen molar-refractivity contribution in [2.24, 2.45) is 0 Å². The molecule has 0 bridgehead atoms. The molecule has 1 aliphatic heterocycles. The molecule has 2 aliphatic rings. The molecule has 1 aromatic carbocycles. The van der Waals surface area contributed by atoms with Crippen LogP contribution < -0.4 is 5.32 Å². The van der Waals surface area contributed by atoms with Crippen LogP contribution >= 0.6 is 0 Å². The molecule has 8 heteroatoms. The fraction of sp³-hybridized carbons (Fsp3) is 0.435. The first kappa shape index (κ1) is 20.1. The van der Waals surface area contributed by atoms with Crippen LogP contribution in [0.4, 0.5) is 14.5 Å². The predicted molar refractivity (Wildman–Crippen MR) is 113 cm³/mol. The fourth-order valence-electron chi connectivity index (χ4n) is 4.14. The molecule has 1 amide bonds. The molecule has 1 N–H and O–H groups in total. The van der Waals surface area contributed by atoms with E-state index in [1.165, 1.54) is 37.0 Å². The number of alkyl halides is 2. The van der Waals surface area contributed by atoms with Crippen molar-refractivity contribution in [1.29, 1.82) is 0 Å². The van der Waals surface area contributed by atoms with E-state index < -0.39 is 12.3 Å². The number of likely N-dealkylation sites (tertiary alicyclic amines) is 1. The number of hydrogen-bond donors (Lipinski definition) is 1. The van der Waals surface area contributed by atoms with E-state index in [4.69, 9.17) is 0 Å². The normalized spacial score (nSPS) is 17.4. The summed E-state index contributed by atoms with van der Waals surface area (Å²) in [5, 5.41) is 6.91. The maximum atomic E-state index is 13.5. The highest BCUT2D eigenvalue weighted by Crippen LogP contribution is 2.40. The van der Waals surface area contributed by atoms with Crippen LogP contribution in [0.5, 0.6) is 0 Å². The average Bonchev–Trinajstić information content (AvgIpc) is 3.53. The lowest BCUT2D eigenvalue weighted by atomic mass is 10.1. The van der Waals surface area contributed by atoms with E-state index in [-0.39, 0.29) is 23.0 Å². The lowest BCUT2D eigenvalue weighted by Crippen LogP contribution is -2.29. The van der Waals surface area contributed by atoms with Crippen molar-refractivity contribution in [2.45, 2.75) is 51.0 Å². The second kappa shape index (κ2) is 8.34. The molecule has 6 nitrogen and oxygen atoms in total. The van der Waals surface area contributed by atoms with E-state index in [9.17, 15) is 13.6 Å². The summed E-state index contributed by atoms with van der Waals surface area (Å²) in [6, 6.07) is 10.6. The number of anilines is 1. The number of fused-ring (bicyclic) bond motifs is 1. The van der Waals surface area contributed by atoms with Crippen LogP contribution in [0.15, 0.2) is 36.4 Å². The number of piperidine rings is 1. The maximum absolute atomic E-state index is 13.5. The minimum Gasteiger partial charge on any atom is -0.321 e. The Labute approximate surface area is 179 Å². The van der Waals surface area contributed by atoms with Crippen LogP contribution in [-0.2, 0) is 6.54 Å². The molecule has 2 aromatic heterocycles. The van der Waals surface area contributed by atoms with E-state index in [1.807, 2.05) is 24.3 Å². The van der Waals surface area contributed by atoms with Crippen molar-refractivity contribution in [2.75, 3.05) is 18.4 Å². The molecule has 162 valence electrons. The summed E-state index contributed by atoms with van der Waals surface area (Å²) >= 11 is 0. The van der Waals surface area contributed by atoms with E-state index in [0.717, 1.165) is 37.0 Å². The SMILES string of the molecule is O=C(Nc1ccc(CN2CCCCC2)cc1)c1cc2nc(C3CC3)cc(C(F)F)n2n1. The molecule has 3 aromatic rings. The average molecular weight is 425 g/mol. The zero-order chi connectivity index (χ0) is 21.4. The Bertz CT molecular complexity index is 1090. The second-order valence-electron chi connectivity index (χ2n) is 8.47. The first-order chi connectivity index (χ1) is 15.1. The number of nitrogens with zero attached hydrogens (tertiary/aromatic N) is 4. The van der Waals surface area contributed by atoms with Gasteiger partial charge >= 0.3 is 0 Å². The summed E-state index contributed by atoms with van der Waals surface area (Å²) in [6.07, 6.45) is 3.03. The van der Waals surface area contributed by atoms with E-state index in [2.05, 4.69) is 20.3 Å². The Balaban J connectivity index is 1.31. The van der Waals surface area contributed by atoms with Gasteiger partial charge in [0.25, 0.3) is 12.3 Å². The van der Waals surface area contributed by atoms with Gasteiger partial charge in [-0.2, -0.15) is 5.10 Å². The minimum atomic E-state index is -2.69. The van der Waals surface area contributed by atoms with Gasteiger partial charge in [-0.05, 0) is 62.5 Å². The minimum absolute atomic E-state index is 0.0692. The Morgan fingerprint density at radius 2 is 1.84 bits per heavy atom. The number of rotatable bonds is 6. The van der Waals surface area contributed by atoms with Crippen LogP contribution in [0, 0.1) is 0 Å². The summed E-state index contributed by atoms with van der Waals surface area (Å²) in [5.41, 5.74) is 2.62. The predicted octanol–water partition coefficient (Wildman–Crippen LogP) is 4.78. The third-order valence-electron chi connectivity index (χ3n) is 5.99. The summed E-state index contributed by atoms with van der Waals surface area (Å²) in [5.74, 6) is -0.208. The highest BCUT2D eigenvalue weighted by atomic mass is 19.3. The van der Waals surface area contributed by atoms with Crippen LogP contribution in [0.2, 0.25) is 0 Å². The van der Waals surface area contributed by atoms with E-state index >= 15 is 0 Å². The molecule has 1 saturated heterocycles. The number of nitrogens with one attached hydrogen (secondary N) is 1. The van der Waals surface area contributed by atoms with E-state index in [1.54, 1.807) is 0 Å². The molecule has 2 fully saturated rings. The van der Waals surface area contributed by atoms with Crippen molar-refractivity contribution >= 4 is 17.2 Å². The monoisotopic (exact) mass is 425 g/mol. The van der Waals surface area contributed by atoms with Gasteiger partial charge in [-0.3, -0.25) is 9.69 Å². The summed E-state index contributed by atoms with van der Waals surface area (Å²) in [4.78, 5) is 19.6. The molecule has 0 unspecified atom stereocenters. The van der Waals surface area contributed by atoms with Gasteiger partial charge in [0.05, 0.1) is 0 Å². The number of carbonyl (C=O) groups is 1. The molecule has 31 heavy (non-hydrogen) atoms.